The van der Waals surface area contributed by atoms with Gasteiger partial charge in [-0.05, 0) is 51.4 Å². The molecule has 1 heterocycles. The Kier molecular flexibility index (Phi) is 48.3. The van der Waals surface area contributed by atoms with Gasteiger partial charge in [-0.1, -0.05) is 269 Å². The Morgan fingerprint density at radius 3 is 1.24 bits per heavy atom. The van der Waals surface area contributed by atoms with E-state index in [9.17, 15) is 30.3 Å². The minimum Gasteiger partial charge on any atom is -0.394 e. The Bertz CT molecular complexity index is 1190. The Morgan fingerprint density at radius 2 is 0.843 bits per heavy atom. The van der Waals surface area contributed by atoms with Gasteiger partial charge >= 0.3 is 0 Å². The van der Waals surface area contributed by atoms with Crippen molar-refractivity contribution < 1.29 is 39.8 Å². The molecule has 0 aromatic carbocycles. The largest absolute Gasteiger partial charge is 0.394 e. The Morgan fingerprint density at radius 1 is 0.486 bits per heavy atom. The first kappa shape index (κ1) is 66.4. The molecule has 1 rings (SSSR count). The van der Waals surface area contributed by atoms with Gasteiger partial charge in [0.25, 0.3) is 0 Å². The molecule has 0 spiro atoms. The molecule has 7 atom stereocenters. The number of carbonyl (C=O) groups excluding carboxylic acids is 1. The van der Waals surface area contributed by atoms with Gasteiger partial charge in [-0.3, -0.25) is 4.79 Å². The summed E-state index contributed by atoms with van der Waals surface area (Å²) >= 11 is 0. The van der Waals surface area contributed by atoms with Crippen molar-refractivity contribution in [1.82, 2.24) is 5.32 Å². The van der Waals surface area contributed by atoms with E-state index >= 15 is 0 Å². The average Bonchev–Trinajstić information content (AvgIpc) is 3.36. The van der Waals surface area contributed by atoms with Crippen molar-refractivity contribution in [3.63, 3.8) is 0 Å². The maximum Gasteiger partial charge on any atom is 0.220 e. The highest BCUT2D eigenvalue weighted by atomic mass is 16.7. The number of aliphatic hydroxyl groups is 5. The molecule has 9 heteroatoms. The number of allylic oxidation sites excluding steroid dienone is 6. The van der Waals surface area contributed by atoms with E-state index in [4.69, 9.17) is 9.47 Å². The van der Waals surface area contributed by atoms with Crippen LogP contribution < -0.4 is 5.32 Å². The third-order valence-electron chi connectivity index (χ3n) is 14.5. The SMILES string of the molecule is CCCCCCC/C=C\C/C=C\C/C=C\CCCCCCCCCCC(=O)NC(COC1OC(CO)C(O)C(O)C1O)C(O)CCCCCCCCCCCCCCCCCCCCCCCCCC. The molecule has 1 aliphatic heterocycles. The van der Waals surface area contributed by atoms with Gasteiger partial charge in [0.1, 0.15) is 24.4 Å². The minimum atomic E-state index is -1.56. The van der Waals surface area contributed by atoms with Gasteiger partial charge in [0.2, 0.25) is 5.91 Å². The molecular weight excluding hydrogens is 875 g/mol. The molecule has 1 amide bonds. The number of aliphatic hydroxyl groups excluding tert-OH is 5. The van der Waals surface area contributed by atoms with Crippen LogP contribution in [0.2, 0.25) is 0 Å². The van der Waals surface area contributed by atoms with Crippen molar-refractivity contribution in [2.24, 2.45) is 0 Å². The first-order valence-corrected chi connectivity index (χ1v) is 30.2. The molecule has 0 radical (unpaired) electrons. The first-order chi connectivity index (χ1) is 34.3. The van der Waals surface area contributed by atoms with Crippen LogP contribution in [0, 0.1) is 0 Å². The van der Waals surface area contributed by atoms with Gasteiger partial charge in [0.15, 0.2) is 6.29 Å². The zero-order valence-corrected chi connectivity index (χ0v) is 45.8. The summed E-state index contributed by atoms with van der Waals surface area (Å²) in [6.45, 7) is 3.86. The van der Waals surface area contributed by atoms with Crippen LogP contribution >= 0.6 is 0 Å². The number of carbonyl (C=O) groups is 1. The van der Waals surface area contributed by atoms with Crippen molar-refractivity contribution in [2.75, 3.05) is 13.2 Å². The van der Waals surface area contributed by atoms with Crippen LogP contribution in [0.15, 0.2) is 36.5 Å². The van der Waals surface area contributed by atoms with Crippen LogP contribution in [-0.2, 0) is 14.3 Å². The van der Waals surface area contributed by atoms with Crippen molar-refractivity contribution >= 4 is 5.91 Å². The Hall–Kier alpha value is -1.59. The van der Waals surface area contributed by atoms with Crippen LogP contribution in [0.5, 0.6) is 0 Å². The predicted molar refractivity (Wildman–Crippen MR) is 295 cm³/mol. The molecule has 0 aliphatic carbocycles. The summed E-state index contributed by atoms with van der Waals surface area (Å²) in [6, 6.07) is -0.724. The topological polar surface area (TPSA) is 149 Å². The fourth-order valence-electron chi connectivity index (χ4n) is 9.70. The van der Waals surface area contributed by atoms with E-state index in [1.807, 2.05) is 0 Å². The number of amides is 1. The minimum absolute atomic E-state index is 0.140. The van der Waals surface area contributed by atoms with Crippen molar-refractivity contribution in [1.29, 1.82) is 0 Å². The highest BCUT2D eigenvalue weighted by Gasteiger charge is 2.44. The van der Waals surface area contributed by atoms with E-state index in [0.717, 1.165) is 57.8 Å². The zero-order valence-electron chi connectivity index (χ0n) is 45.8. The molecule has 0 aromatic heterocycles. The quantitative estimate of drug-likeness (QED) is 0.0261. The summed E-state index contributed by atoms with van der Waals surface area (Å²) in [7, 11) is 0. The molecule has 412 valence electrons. The Labute approximate surface area is 431 Å². The van der Waals surface area contributed by atoms with Gasteiger partial charge in [-0.25, -0.2) is 0 Å². The predicted octanol–water partition coefficient (Wildman–Crippen LogP) is 15.1. The lowest BCUT2D eigenvalue weighted by Gasteiger charge is -2.40. The number of nitrogens with one attached hydrogen (secondary N) is 1. The standard InChI is InChI=1S/C61H115NO8/c1-3-5-7-9-11-13-15-17-19-21-23-25-27-29-30-32-34-36-38-40-42-44-46-48-50-55(64)54(53-69-61-60(68)59(67)58(66)56(52-63)70-61)62-57(65)51-49-47-45-43-41-39-37-35-33-31-28-26-24-22-20-18-16-14-12-10-8-6-4-2/h16,18,22,24,28,31,54-56,58-61,63-64,66-68H,3-15,17,19-21,23,25-27,29-30,32-53H2,1-2H3,(H,62,65)/b18-16-,24-22-,31-28-. The molecule has 1 aliphatic rings. The van der Waals surface area contributed by atoms with Gasteiger partial charge in [-0.15, -0.1) is 0 Å². The maximum absolute atomic E-state index is 13.1. The van der Waals surface area contributed by atoms with E-state index in [1.54, 1.807) is 0 Å². The van der Waals surface area contributed by atoms with Crippen LogP contribution in [0.4, 0.5) is 0 Å². The van der Waals surface area contributed by atoms with Crippen LogP contribution in [0.25, 0.3) is 0 Å². The fourth-order valence-corrected chi connectivity index (χ4v) is 9.70. The van der Waals surface area contributed by atoms with E-state index < -0.39 is 49.5 Å². The van der Waals surface area contributed by atoms with Crippen LogP contribution in [0.3, 0.4) is 0 Å². The van der Waals surface area contributed by atoms with Gasteiger partial charge < -0.3 is 40.3 Å². The summed E-state index contributed by atoms with van der Waals surface area (Å²) in [4.78, 5) is 13.1. The van der Waals surface area contributed by atoms with Gasteiger partial charge in [-0.2, -0.15) is 0 Å². The number of hydrogen-bond acceptors (Lipinski definition) is 8. The second kappa shape index (κ2) is 50.9. The highest BCUT2D eigenvalue weighted by molar-refractivity contribution is 5.76. The summed E-state index contributed by atoms with van der Waals surface area (Å²) in [5, 5.41) is 54.8. The lowest BCUT2D eigenvalue weighted by atomic mass is 9.99. The summed E-state index contributed by atoms with van der Waals surface area (Å²) in [5.41, 5.74) is 0. The second-order valence-electron chi connectivity index (χ2n) is 21.1. The number of ether oxygens (including phenoxy) is 2. The molecular formula is C61H115NO8. The Balaban J connectivity index is 2.20. The van der Waals surface area contributed by atoms with Crippen LogP contribution in [0.1, 0.15) is 290 Å². The third-order valence-corrected chi connectivity index (χ3v) is 14.5. The molecule has 0 bridgehead atoms. The first-order valence-electron chi connectivity index (χ1n) is 30.2. The molecule has 1 fully saturated rings. The lowest BCUT2D eigenvalue weighted by molar-refractivity contribution is -0.302. The molecule has 70 heavy (non-hydrogen) atoms. The lowest BCUT2D eigenvalue weighted by Crippen LogP contribution is -2.60. The zero-order chi connectivity index (χ0) is 50.8. The highest BCUT2D eigenvalue weighted by Crippen LogP contribution is 2.23. The average molecular weight is 991 g/mol. The molecule has 9 nitrogen and oxygen atoms in total. The summed E-state index contributed by atoms with van der Waals surface area (Å²) < 4.78 is 11.3. The number of unbranched alkanes of at least 4 members (excludes halogenated alkanes) is 36. The molecule has 7 unspecified atom stereocenters. The molecule has 1 saturated heterocycles. The maximum atomic E-state index is 13.1. The second-order valence-corrected chi connectivity index (χ2v) is 21.1. The smallest absolute Gasteiger partial charge is 0.220 e. The molecule has 0 saturated carbocycles. The van der Waals surface area contributed by atoms with E-state index in [0.29, 0.717) is 12.8 Å². The van der Waals surface area contributed by atoms with Crippen LogP contribution in [-0.4, -0.2) is 87.5 Å². The fraction of sp³-hybridized carbons (Fsp3) is 0.885. The van der Waals surface area contributed by atoms with Gasteiger partial charge in [0, 0.05) is 6.42 Å². The summed E-state index contributed by atoms with van der Waals surface area (Å²) in [6.07, 6.45) is 58.8. The summed E-state index contributed by atoms with van der Waals surface area (Å²) in [5.74, 6) is -0.148. The van der Waals surface area contributed by atoms with Crippen molar-refractivity contribution in [3.8, 4) is 0 Å². The van der Waals surface area contributed by atoms with E-state index in [-0.39, 0.29) is 12.5 Å². The van der Waals surface area contributed by atoms with E-state index in [2.05, 4.69) is 55.6 Å². The third kappa shape index (κ3) is 39.9. The number of hydrogen-bond donors (Lipinski definition) is 6. The molecule has 6 N–H and O–H groups in total. The van der Waals surface area contributed by atoms with E-state index in [1.165, 1.54) is 205 Å². The molecule has 0 aromatic rings. The van der Waals surface area contributed by atoms with Gasteiger partial charge in [0.05, 0.1) is 25.4 Å². The monoisotopic (exact) mass is 990 g/mol. The normalized spacial score (nSPS) is 19.6. The number of rotatable bonds is 52. The van der Waals surface area contributed by atoms with Crippen molar-refractivity contribution in [3.05, 3.63) is 36.5 Å². The van der Waals surface area contributed by atoms with Crippen molar-refractivity contribution in [2.45, 2.75) is 333 Å².